The summed E-state index contributed by atoms with van der Waals surface area (Å²) in [5.74, 6) is -0.404. The van der Waals surface area contributed by atoms with Gasteiger partial charge in [-0.05, 0) is 18.2 Å². The standard InChI is InChI=1S/C11H11ClO3/c1-7(11(13)14)5-8-6-9(12)3-4-10(8)15-2/h3-4,6H,1,5H2,2H3,(H,13,14). The first-order valence-corrected chi connectivity index (χ1v) is 4.66. The minimum absolute atomic E-state index is 0.107. The molecule has 3 nitrogen and oxygen atoms in total. The topological polar surface area (TPSA) is 46.5 Å². The van der Waals surface area contributed by atoms with E-state index >= 15 is 0 Å². The zero-order valence-electron chi connectivity index (χ0n) is 8.29. The van der Waals surface area contributed by atoms with Gasteiger partial charge in [0.1, 0.15) is 5.75 Å². The van der Waals surface area contributed by atoms with E-state index in [1.54, 1.807) is 18.2 Å². The summed E-state index contributed by atoms with van der Waals surface area (Å²) < 4.78 is 5.09. The van der Waals surface area contributed by atoms with Crippen LogP contribution < -0.4 is 4.74 Å². The molecule has 0 aliphatic carbocycles. The van der Waals surface area contributed by atoms with Crippen LogP contribution >= 0.6 is 11.6 Å². The van der Waals surface area contributed by atoms with Gasteiger partial charge in [0.15, 0.2) is 0 Å². The highest BCUT2D eigenvalue weighted by Crippen LogP contribution is 2.24. The zero-order chi connectivity index (χ0) is 11.4. The van der Waals surface area contributed by atoms with Gasteiger partial charge in [-0.25, -0.2) is 4.79 Å². The lowest BCUT2D eigenvalue weighted by atomic mass is 10.1. The van der Waals surface area contributed by atoms with Crippen LogP contribution in [0.3, 0.4) is 0 Å². The summed E-state index contributed by atoms with van der Waals surface area (Å²) in [7, 11) is 1.52. The molecule has 1 N–H and O–H groups in total. The van der Waals surface area contributed by atoms with Gasteiger partial charge in [0.25, 0.3) is 0 Å². The summed E-state index contributed by atoms with van der Waals surface area (Å²) >= 11 is 5.80. The predicted molar refractivity (Wildman–Crippen MR) is 58.5 cm³/mol. The first-order valence-electron chi connectivity index (χ1n) is 4.28. The van der Waals surface area contributed by atoms with Gasteiger partial charge in [-0.15, -0.1) is 0 Å². The lowest BCUT2D eigenvalue weighted by Gasteiger charge is -2.08. The normalized spacial score (nSPS) is 9.73. The Morgan fingerprint density at radius 2 is 2.27 bits per heavy atom. The lowest BCUT2D eigenvalue weighted by molar-refractivity contribution is -0.132. The lowest BCUT2D eigenvalue weighted by Crippen LogP contribution is -2.03. The van der Waals surface area contributed by atoms with E-state index in [1.807, 2.05) is 0 Å². The van der Waals surface area contributed by atoms with Crippen LogP contribution in [0.4, 0.5) is 0 Å². The Hall–Kier alpha value is -1.48. The van der Waals surface area contributed by atoms with E-state index in [-0.39, 0.29) is 12.0 Å². The van der Waals surface area contributed by atoms with Crippen molar-refractivity contribution in [2.45, 2.75) is 6.42 Å². The molecule has 0 amide bonds. The van der Waals surface area contributed by atoms with Crippen molar-refractivity contribution in [2.75, 3.05) is 7.11 Å². The van der Waals surface area contributed by atoms with Crippen LogP contribution in [0.2, 0.25) is 5.02 Å². The number of halogens is 1. The molecule has 0 unspecified atom stereocenters. The minimum atomic E-state index is -1.02. The first kappa shape index (κ1) is 11.6. The largest absolute Gasteiger partial charge is 0.496 e. The van der Waals surface area contributed by atoms with Gasteiger partial charge in [0.2, 0.25) is 0 Å². The molecule has 0 aliphatic rings. The summed E-state index contributed by atoms with van der Waals surface area (Å²) in [4.78, 5) is 10.6. The molecular formula is C11H11ClO3. The van der Waals surface area contributed by atoms with E-state index < -0.39 is 5.97 Å². The summed E-state index contributed by atoms with van der Waals surface area (Å²) in [5, 5.41) is 9.25. The number of carbonyl (C=O) groups is 1. The second-order valence-corrected chi connectivity index (χ2v) is 3.48. The molecule has 1 aromatic rings. The SMILES string of the molecule is C=C(Cc1cc(Cl)ccc1OC)C(=O)O. The number of ether oxygens (including phenoxy) is 1. The van der Waals surface area contributed by atoms with Crippen molar-refractivity contribution in [2.24, 2.45) is 0 Å². The molecule has 0 aliphatic heterocycles. The van der Waals surface area contributed by atoms with Crippen molar-refractivity contribution < 1.29 is 14.6 Å². The van der Waals surface area contributed by atoms with E-state index in [0.717, 1.165) is 5.56 Å². The average Bonchev–Trinajstić information content (AvgIpc) is 2.18. The number of benzene rings is 1. The third-order valence-electron chi connectivity index (χ3n) is 1.95. The molecule has 15 heavy (non-hydrogen) atoms. The van der Waals surface area contributed by atoms with Crippen LogP contribution in [0.5, 0.6) is 5.75 Å². The molecule has 0 radical (unpaired) electrons. The number of hydrogen-bond acceptors (Lipinski definition) is 2. The maximum atomic E-state index is 10.6. The first-order chi connectivity index (χ1) is 7.04. The second kappa shape index (κ2) is 4.84. The third kappa shape index (κ3) is 2.99. The molecular weight excluding hydrogens is 216 g/mol. The van der Waals surface area contributed by atoms with Crippen LogP contribution in [0.1, 0.15) is 5.56 Å². The van der Waals surface area contributed by atoms with Crippen molar-refractivity contribution in [1.29, 1.82) is 0 Å². The summed E-state index contributed by atoms with van der Waals surface area (Å²) in [5.41, 5.74) is 0.827. The quantitative estimate of drug-likeness (QED) is 0.803. The Morgan fingerprint density at radius 3 is 2.80 bits per heavy atom. The van der Waals surface area contributed by atoms with Gasteiger partial charge in [-0.1, -0.05) is 18.2 Å². The fourth-order valence-electron chi connectivity index (χ4n) is 1.19. The molecule has 1 rings (SSSR count). The van der Waals surface area contributed by atoms with Crippen molar-refractivity contribution in [3.63, 3.8) is 0 Å². The molecule has 0 aromatic heterocycles. The van der Waals surface area contributed by atoms with E-state index in [1.165, 1.54) is 7.11 Å². The smallest absolute Gasteiger partial charge is 0.331 e. The van der Waals surface area contributed by atoms with Gasteiger partial charge in [0.05, 0.1) is 7.11 Å². The Labute approximate surface area is 92.9 Å². The Balaban J connectivity index is 2.97. The predicted octanol–water partition coefficient (Wildman–Crippen LogP) is 2.53. The Kier molecular flexibility index (Phi) is 3.74. The van der Waals surface area contributed by atoms with Gasteiger partial charge in [-0.2, -0.15) is 0 Å². The summed E-state index contributed by atoms with van der Waals surface area (Å²) in [6.07, 6.45) is 0.221. The second-order valence-electron chi connectivity index (χ2n) is 3.04. The highest BCUT2D eigenvalue weighted by atomic mass is 35.5. The minimum Gasteiger partial charge on any atom is -0.496 e. The molecule has 0 atom stereocenters. The van der Waals surface area contributed by atoms with Gasteiger partial charge < -0.3 is 9.84 Å². The summed E-state index contributed by atoms with van der Waals surface area (Å²) in [6.45, 7) is 3.46. The van der Waals surface area contributed by atoms with E-state index in [9.17, 15) is 4.79 Å². The molecule has 0 heterocycles. The van der Waals surface area contributed by atoms with Crippen molar-refractivity contribution in [1.82, 2.24) is 0 Å². The number of aliphatic carboxylic acids is 1. The number of carboxylic acid groups (broad SMARTS) is 1. The molecule has 1 aromatic carbocycles. The maximum absolute atomic E-state index is 10.6. The van der Waals surface area contributed by atoms with Crippen LogP contribution in [0.25, 0.3) is 0 Å². The number of carboxylic acids is 1. The zero-order valence-corrected chi connectivity index (χ0v) is 9.04. The van der Waals surface area contributed by atoms with Crippen LogP contribution in [-0.4, -0.2) is 18.2 Å². The molecule has 4 heteroatoms. The van der Waals surface area contributed by atoms with Crippen LogP contribution in [-0.2, 0) is 11.2 Å². The van der Waals surface area contributed by atoms with E-state index in [4.69, 9.17) is 21.4 Å². The fraction of sp³-hybridized carbons (Fsp3) is 0.182. The highest BCUT2D eigenvalue weighted by Gasteiger charge is 2.09. The van der Waals surface area contributed by atoms with Gasteiger partial charge >= 0.3 is 5.97 Å². The van der Waals surface area contributed by atoms with Crippen molar-refractivity contribution in [3.05, 3.63) is 40.9 Å². The highest BCUT2D eigenvalue weighted by molar-refractivity contribution is 6.30. The molecule has 0 bridgehead atoms. The van der Waals surface area contributed by atoms with Crippen LogP contribution in [0.15, 0.2) is 30.4 Å². The fourth-order valence-corrected chi connectivity index (χ4v) is 1.39. The number of hydrogen-bond donors (Lipinski definition) is 1. The third-order valence-corrected chi connectivity index (χ3v) is 2.18. The molecule has 0 spiro atoms. The number of methoxy groups -OCH3 is 1. The maximum Gasteiger partial charge on any atom is 0.331 e. The molecule has 0 saturated heterocycles. The monoisotopic (exact) mass is 226 g/mol. The molecule has 0 fully saturated rings. The van der Waals surface area contributed by atoms with E-state index in [2.05, 4.69) is 6.58 Å². The Bertz CT molecular complexity index is 399. The molecule has 0 saturated carbocycles. The van der Waals surface area contributed by atoms with Crippen LogP contribution in [0, 0.1) is 0 Å². The van der Waals surface area contributed by atoms with Crippen molar-refractivity contribution in [3.8, 4) is 5.75 Å². The number of rotatable bonds is 4. The average molecular weight is 227 g/mol. The van der Waals surface area contributed by atoms with Crippen molar-refractivity contribution >= 4 is 17.6 Å². The Morgan fingerprint density at radius 1 is 1.60 bits per heavy atom. The summed E-state index contributed by atoms with van der Waals surface area (Å²) in [6, 6.07) is 5.06. The van der Waals surface area contributed by atoms with Gasteiger partial charge in [-0.3, -0.25) is 0 Å². The van der Waals surface area contributed by atoms with Gasteiger partial charge in [0, 0.05) is 22.6 Å². The molecule has 80 valence electrons. The van der Waals surface area contributed by atoms with E-state index in [0.29, 0.717) is 10.8 Å².